The summed E-state index contributed by atoms with van der Waals surface area (Å²) < 4.78 is 33.3. The van der Waals surface area contributed by atoms with Crippen LogP contribution in [-0.4, -0.2) is 21.8 Å². The van der Waals surface area contributed by atoms with E-state index in [9.17, 15) is 13.9 Å². The number of methoxy groups -OCH3 is 1. The predicted molar refractivity (Wildman–Crippen MR) is 77.6 cm³/mol. The number of halogens is 2. The van der Waals surface area contributed by atoms with Crippen molar-refractivity contribution in [3.63, 3.8) is 0 Å². The number of fused-ring (bicyclic) bond motifs is 1. The summed E-state index contributed by atoms with van der Waals surface area (Å²) in [6.07, 6.45) is 0.632. The number of imidazole rings is 1. The van der Waals surface area contributed by atoms with Crippen molar-refractivity contribution in [2.24, 2.45) is 0 Å². The van der Waals surface area contributed by atoms with E-state index in [4.69, 9.17) is 4.74 Å². The van der Waals surface area contributed by atoms with Gasteiger partial charge in [0.25, 0.3) is 0 Å². The summed E-state index contributed by atoms with van der Waals surface area (Å²) >= 11 is 0. The van der Waals surface area contributed by atoms with Crippen molar-refractivity contribution in [1.29, 1.82) is 0 Å². The first-order valence-electron chi connectivity index (χ1n) is 6.70. The lowest BCUT2D eigenvalue weighted by Gasteiger charge is -2.13. The fraction of sp³-hybridized carbons (Fsp3) is 0.188. The number of nitrogens with zero attached hydrogens (tertiary/aromatic N) is 2. The van der Waals surface area contributed by atoms with E-state index >= 15 is 0 Å². The van der Waals surface area contributed by atoms with Crippen molar-refractivity contribution >= 4 is 11.0 Å². The van der Waals surface area contributed by atoms with E-state index in [0.717, 1.165) is 12.1 Å². The maximum atomic E-state index is 13.4. The molecule has 0 aliphatic heterocycles. The molecule has 1 heterocycles. The van der Waals surface area contributed by atoms with Crippen LogP contribution in [0.3, 0.4) is 0 Å². The first-order chi connectivity index (χ1) is 10.6. The molecule has 4 nitrogen and oxygen atoms in total. The van der Waals surface area contributed by atoms with Gasteiger partial charge >= 0.3 is 0 Å². The van der Waals surface area contributed by atoms with E-state index in [1.54, 1.807) is 35.9 Å². The summed E-state index contributed by atoms with van der Waals surface area (Å²) in [5, 5.41) is 10.3. The first kappa shape index (κ1) is 14.5. The van der Waals surface area contributed by atoms with Gasteiger partial charge in [0.05, 0.1) is 37.1 Å². The molecule has 0 amide bonds. The SMILES string of the molecule is COc1cccc(C(O)Cn2cnc3cc(F)c(F)cc32)c1. The number of aromatic nitrogens is 2. The largest absolute Gasteiger partial charge is 0.497 e. The quantitative estimate of drug-likeness (QED) is 0.806. The number of ether oxygens (including phenoxy) is 1. The Morgan fingerprint density at radius 2 is 2.00 bits per heavy atom. The van der Waals surface area contributed by atoms with Crippen molar-refractivity contribution in [2.45, 2.75) is 12.6 Å². The molecule has 1 atom stereocenters. The van der Waals surface area contributed by atoms with Gasteiger partial charge in [-0.05, 0) is 17.7 Å². The predicted octanol–water partition coefficient (Wildman–Crippen LogP) is 3.06. The third kappa shape index (κ3) is 2.65. The van der Waals surface area contributed by atoms with E-state index < -0.39 is 17.7 Å². The van der Waals surface area contributed by atoms with Crippen molar-refractivity contribution in [3.05, 3.63) is 59.9 Å². The Bertz CT molecular complexity index is 817. The average molecular weight is 304 g/mol. The fourth-order valence-electron chi connectivity index (χ4n) is 2.34. The molecule has 1 unspecified atom stereocenters. The van der Waals surface area contributed by atoms with Crippen LogP contribution in [0.4, 0.5) is 8.78 Å². The molecule has 0 saturated carbocycles. The maximum absolute atomic E-state index is 13.4. The van der Waals surface area contributed by atoms with Gasteiger partial charge in [0.2, 0.25) is 0 Å². The summed E-state index contributed by atoms with van der Waals surface area (Å²) in [5.74, 6) is -1.24. The van der Waals surface area contributed by atoms with E-state index in [2.05, 4.69) is 4.98 Å². The molecule has 6 heteroatoms. The minimum atomic E-state index is -0.940. The van der Waals surface area contributed by atoms with E-state index in [1.807, 2.05) is 0 Å². The molecule has 3 aromatic rings. The molecule has 0 saturated heterocycles. The Kier molecular flexibility index (Phi) is 3.77. The third-order valence-corrected chi connectivity index (χ3v) is 3.51. The van der Waals surface area contributed by atoms with Crippen LogP contribution < -0.4 is 4.74 Å². The zero-order chi connectivity index (χ0) is 15.7. The van der Waals surface area contributed by atoms with Gasteiger partial charge in [-0.1, -0.05) is 12.1 Å². The van der Waals surface area contributed by atoms with Crippen molar-refractivity contribution in [2.75, 3.05) is 7.11 Å². The molecular formula is C16H14F2N2O2. The van der Waals surface area contributed by atoms with Crippen LogP contribution in [0.5, 0.6) is 5.75 Å². The lowest BCUT2D eigenvalue weighted by atomic mass is 10.1. The molecule has 0 fully saturated rings. The molecule has 0 aliphatic carbocycles. The normalized spacial score (nSPS) is 12.5. The zero-order valence-electron chi connectivity index (χ0n) is 11.8. The molecule has 0 bridgehead atoms. The van der Waals surface area contributed by atoms with Crippen LogP contribution in [0.1, 0.15) is 11.7 Å². The molecule has 3 rings (SSSR count). The first-order valence-corrected chi connectivity index (χ1v) is 6.70. The summed E-state index contributed by atoms with van der Waals surface area (Å²) in [6.45, 7) is 0.175. The van der Waals surface area contributed by atoms with E-state index in [1.165, 1.54) is 6.33 Å². The second-order valence-electron chi connectivity index (χ2n) is 4.94. The van der Waals surface area contributed by atoms with Gasteiger partial charge in [0.1, 0.15) is 5.75 Å². The summed E-state index contributed by atoms with van der Waals surface area (Å²) in [7, 11) is 1.55. The lowest BCUT2D eigenvalue weighted by molar-refractivity contribution is 0.157. The number of benzene rings is 2. The standard InChI is InChI=1S/C16H14F2N2O2/c1-22-11-4-2-3-10(5-11)16(21)8-20-9-19-14-6-12(17)13(18)7-15(14)20/h2-7,9,16,21H,8H2,1H3. The smallest absolute Gasteiger partial charge is 0.161 e. The van der Waals surface area contributed by atoms with Gasteiger partial charge in [-0.25, -0.2) is 13.8 Å². The number of hydrogen-bond acceptors (Lipinski definition) is 3. The van der Waals surface area contributed by atoms with Crippen LogP contribution in [0, 0.1) is 11.6 Å². The molecule has 1 aromatic heterocycles. The van der Waals surface area contributed by atoms with Gasteiger partial charge in [0.15, 0.2) is 11.6 Å². The van der Waals surface area contributed by atoms with E-state index in [-0.39, 0.29) is 6.54 Å². The van der Waals surface area contributed by atoms with Crippen LogP contribution >= 0.6 is 0 Å². The Balaban J connectivity index is 1.90. The van der Waals surface area contributed by atoms with Gasteiger partial charge in [0, 0.05) is 12.1 Å². The fourth-order valence-corrected chi connectivity index (χ4v) is 2.34. The van der Waals surface area contributed by atoms with Crippen LogP contribution in [0.2, 0.25) is 0 Å². The number of rotatable bonds is 4. The Hall–Kier alpha value is -2.47. The topological polar surface area (TPSA) is 47.3 Å². The minimum Gasteiger partial charge on any atom is -0.497 e. The Labute approximate surface area is 125 Å². The monoisotopic (exact) mass is 304 g/mol. The molecule has 22 heavy (non-hydrogen) atoms. The molecule has 114 valence electrons. The minimum absolute atomic E-state index is 0.175. The Morgan fingerprint density at radius 3 is 2.77 bits per heavy atom. The van der Waals surface area contributed by atoms with Crippen molar-refractivity contribution < 1.29 is 18.6 Å². The summed E-state index contributed by atoms with van der Waals surface area (Å²) in [6, 6.07) is 9.17. The molecule has 1 N–H and O–H groups in total. The highest BCUT2D eigenvalue weighted by molar-refractivity contribution is 5.75. The highest BCUT2D eigenvalue weighted by Crippen LogP contribution is 2.23. The van der Waals surface area contributed by atoms with Gasteiger partial charge in [-0.2, -0.15) is 0 Å². The highest BCUT2D eigenvalue weighted by atomic mass is 19.2. The average Bonchev–Trinajstić information content (AvgIpc) is 2.90. The second kappa shape index (κ2) is 5.73. The molecule has 0 radical (unpaired) electrons. The molecule has 2 aromatic carbocycles. The van der Waals surface area contributed by atoms with Gasteiger partial charge in [-0.15, -0.1) is 0 Å². The van der Waals surface area contributed by atoms with Crippen LogP contribution in [0.25, 0.3) is 11.0 Å². The highest BCUT2D eigenvalue weighted by Gasteiger charge is 2.13. The lowest BCUT2D eigenvalue weighted by Crippen LogP contribution is -2.08. The Morgan fingerprint density at radius 1 is 1.23 bits per heavy atom. The number of aliphatic hydroxyl groups is 1. The van der Waals surface area contributed by atoms with Gasteiger partial charge in [-0.3, -0.25) is 0 Å². The van der Waals surface area contributed by atoms with Crippen LogP contribution in [0.15, 0.2) is 42.7 Å². The molecule has 0 aliphatic rings. The van der Waals surface area contributed by atoms with Crippen molar-refractivity contribution in [1.82, 2.24) is 9.55 Å². The van der Waals surface area contributed by atoms with Crippen molar-refractivity contribution in [3.8, 4) is 5.75 Å². The summed E-state index contributed by atoms with van der Waals surface area (Å²) in [4.78, 5) is 4.02. The van der Waals surface area contributed by atoms with Crippen LogP contribution in [-0.2, 0) is 6.54 Å². The zero-order valence-corrected chi connectivity index (χ0v) is 11.8. The van der Waals surface area contributed by atoms with Gasteiger partial charge < -0.3 is 14.4 Å². The molecule has 0 spiro atoms. The third-order valence-electron chi connectivity index (χ3n) is 3.51. The summed E-state index contributed by atoms with van der Waals surface area (Å²) in [5.41, 5.74) is 1.45. The number of hydrogen-bond donors (Lipinski definition) is 1. The number of aliphatic hydroxyl groups excluding tert-OH is 1. The maximum Gasteiger partial charge on any atom is 0.161 e. The van der Waals surface area contributed by atoms with E-state index in [0.29, 0.717) is 22.3 Å². The molecular weight excluding hydrogens is 290 g/mol. The second-order valence-corrected chi connectivity index (χ2v) is 4.94.